The molecule has 1 heterocycles. The van der Waals surface area contributed by atoms with Crippen LogP contribution in [-0.4, -0.2) is 5.71 Å². The molecule has 0 spiro atoms. The van der Waals surface area contributed by atoms with Gasteiger partial charge in [0.2, 0.25) is 0 Å². The summed E-state index contributed by atoms with van der Waals surface area (Å²) in [5.41, 5.74) is 6.65. The number of rotatable bonds is 1. The fourth-order valence-electron chi connectivity index (χ4n) is 2.21. The first-order valence-corrected chi connectivity index (χ1v) is 5.77. The van der Waals surface area contributed by atoms with Gasteiger partial charge in [0.25, 0.3) is 0 Å². The highest BCUT2D eigenvalue weighted by atomic mass is 15.3. The standard InChI is InChI=1S/C15H11N3/c16-10-14-12-8-4-5-9-13(12)15(18-17-14)11-6-2-1-3-7-11/h1-9,15,18H. The van der Waals surface area contributed by atoms with Crippen molar-refractivity contribution >= 4 is 5.71 Å². The molecule has 0 amide bonds. The average Bonchev–Trinajstić information content (AvgIpc) is 2.47. The fraction of sp³-hybridized carbons (Fsp3) is 0.0667. The van der Waals surface area contributed by atoms with Crippen LogP contribution in [0.4, 0.5) is 0 Å². The quantitative estimate of drug-likeness (QED) is 0.823. The molecule has 0 aliphatic carbocycles. The molecule has 0 bridgehead atoms. The van der Waals surface area contributed by atoms with Crippen molar-refractivity contribution < 1.29 is 0 Å². The SMILES string of the molecule is N#CC1=NNC(c2ccccc2)c2ccccc21. The van der Waals surface area contributed by atoms with Crippen molar-refractivity contribution in [2.24, 2.45) is 5.10 Å². The van der Waals surface area contributed by atoms with Gasteiger partial charge in [0.15, 0.2) is 5.71 Å². The van der Waals surface area contributed by atoms with Crippen molar-refractivity contribution in [3.63, 3.8) is 0 Å². The van der Waals surface area contributed by atoms with Crippen molar-refractivity contribution in [3.05, 3.63) is 71.3 Å². The molecule has 2 aromatic carbocycles. The molecule has 3 heteroatoms. The zero-order chi connectivity index (χ0) is 12.4. The van der Waals surface area contributed by atoms with Gasteiger partial charge in [0.05, 0.1) is 6.04 Å². The summed E-state index contributed by atoms with van der Waals surface area (Å²) in [4.78, 5) is 0. The molecule has 1 atom stereocenters. The molecule has 2 aromatic rings. The molecule has 1 aliphatic rings. The van der Waals surface area contributed by atoms with Crippen LogP contribution in [0.3, 0.4) is 0 Å². The van der Waals surface area contributed by atoms with Crippen molar-refractivity contribution in [1.29, 1.82) is 5.26 Å². The van der Waals surface area contributed by atoms with E-state index >= 15 is 0 Å². The summed E-state index contributed by atoms with van der Waals surface area (Å²) in [6, 6.07) is 20.1. The summed E-state index contributed by atoms with van der Waals surface area (Å²) in [7, 11) is 0. The van der Waals surface area contributed by atoms with E-state index in [1.165, 1.54) is 0 Å². The minimum Gasteiger partial charge on any atom is -0.297 e. The summed E-state index contributed by atoms with van der Waals surface area (Å²) in [6.07, 6.45) is 0. The van der Waals surface area contributed by atoms with Gasteiger partial charge in [-0.05, 0) is 11.1 Å². The first-order chi connectivity index (χ1) is 8.90. The van der Waals surface area contributed by atoms with E-state index in [0.717, 1.165) is 16.7 Å². The Hall–Kier alpha value is -2.60. The summed E-state index contributed by atoms with van der Waals surface area (Å²) < 4.78 is 0. The molecule has 0 aromatic heterocycles. The van der Waals surface area contributed by atoms with E-state index in [1.54, 1.807) is 0 Å². The molecular weight excluding hydrogens is 222 g/mol. The third-order valence-electron chi connectivity index (χ3n) is 3.07. The molecule has 1 N–H and O–H groups in total. The van der Waals surface area contributed by atoms with Crippen LogP contribution in [0.5, 0.6) is 0 Å². The van der Waals surface area contributed by atoms with Crippen molar-refractivity contribution in [2.75, 3.05) is 0 Å². The van der Waals surface area contributed by atoms with E-state index in [2.05, 4.69) is 28.7 Å². The van der Waals surface area contributed by atoms with Gasteiger partial charge in [-0.25, -0.2) is 0 Å². The summed E-state index contributed by atoms with van der Waals surface area (Å²) >= 11 is 0. The Morgan fingerprint density at radius 3 is 2.50 bits per heavy atom. The maximum atomic E-state index is 9.07. The summed E-state index contributed by atoms with van der Waals surface area (Å²) in [5.74, 6) is 0. The second kappa shape index (κ2) is 4.34. The van der Waals surface area contributed by atoms with Crippen molar-refractivity contribution in [3.8, 4) is 6.07 Å². The number of nitrogens with zero attached hydrogens (tertiary/aromatic N) is 2. The predicted octanol–water partition coefficient (Wildman–Crippen LogP) is 2.61. The molecule has 0 fully saturated rings. The summed E-state index contributed by atoms with van der Waals surface area (Å²) in [6.45, 7) is 0. The van der Waals surface area contributed by atoms with Crippen LogP contribution in [-0.2, 0) is 0 Å². The Balaban J connectivity index is 2.12. The predicted molar refractivity (Wildman–Crippen MR) is 70.0 cm³/mol. The molecule has 3 nitrogen and oxygen atoms in total. The van der Waals surface area contributed by atoms with Gasteiger partial charge in [0, 0.05) is 5.56 Å². The number of nitriles is 1. The average molecular weight is 233 g/mol. The first kappa shape index (κ1) is 10.5. The third kappa shape index (κ3) is 1.64. The lowest BCUT2D eigenvalue weighted by Gasteiger charge is -2.24. The molecule has 86 valence electrons. The molecule has 1 unspecified atom stereocenters. The second-order valence-corrected chi connectivity index (χ2v) is 4.13. The smallest absolute Gasteiger partial charge is 0.167 e. The number of nitrogens with one attached hydrogen (secondary N) is 1. The van der Waals surface area contributed by atoms with E-state index in [4.69, 9.17) is 5.26 Å². The van der Waals surface area contributed by atoms with E-state index in [1.807, 2.05) is 42.5 Å². The number of fused-ring (bicyclic) bond motifs is 1. The Kier molecular flexibility index (Phi) is 2.54. The van der Waals surface area contributed by atoms with Crippen LogP contribution in [0.1, 0.15) is 22.7 Å². The Labute approximate surface area is 105 Å². The lowest BCUT2D eigenvalue weighted by Crippen LogP contribution is -2.26. The lowest BCUT2D eigenvalue weighted by molar-refractivity contribution is 0.629. The Morgan fingerprint density at radius 2 is 1.72 bits per heavy atom. The van der Waals surface area contributed by atoms with Gasteiger partial charge < -0.3 is 0 Å². The molecule has 1 aliphatic heterocycles. The number of hydrogen-bond acceptors (Lipinski definition) is 3. The Bertz CT molecular complexity index is 638. The van der Waals surface area contributed by atoms with Gasteiger partial charge in [-0.1, -0.05) is 54.6 Å². The molecule has 3 rings (SSSR count). The van der Waals surface area contributed by atoms with Crippen LogP contribution in [0.2, 0.25) is 0 Å². The number of hydrogen-bond donors (Lipinski definition) is 1. The van der Waals surface area contributed by atoms with Crippen LogP contribution in [0, 0.1) is 11.3 Å². The van der Waals surface area contributed by atoms with Gasteiger partial charge in [-0.2, -0.15) is 10.4 Å². The largest absolute Gasteiger partial charge is 0.297 e. The van der Waals surface area contributed by atoms with Crippen molar-refractivity contribution in [2.45, 2.75) is 6.04 Å². The Morgan fingerprint density at radius 1 is 1.00 bits per heavy atom. The lowest BCUT2D eigenvalue weighted by atomic mass is 9.92. The molecule has 18 heavy (non-hydrogen) atoms. The normalized spacial score (nSPS) is 17.1. The van der Waals surface area contributed by atoms with Crippen LogP contribution in [0.25, 0.3) is 0 Å². The fourth-order valence-corrected chi connectivity index (χ4v) is 2.21. The van der Waals surface area contributed by atoms with Gasteiger partial charge in [0.1, 0.15) is 6.07 Å². The summed E-state index contributed by atoms with van der Waals surface area (Å²) in [5, 5.41) is 13.2. The monoisotopic (exact) mass is 233 g/mol. The third-order valence-corrected chi connectivity index (χ3v) is 3.07. The molecular formula is C15H11N3. The van der Waals surface area contributed by atoms with Gasteiger partial charge >= 0.3 is 0 Å². The topological polar surface area (TPSA) is 48.2 Å². The maximum Gasteiger partial charge on any atom is 0.167 e. The molecule has 0 radical (unpaired) electrons. The zero-order valence-electron chi connectivity index (χ0n) is 9.67. The van der Waals surface area contributed by atoms with Crippen molar-refractivity contribution in [1.82, 2.24) is 5.43 Å². The highest BCUT2D eigenvalue weighted by Crippen LogP contribution is 2.28. The molecule has 0 saturated heterocycles. The van der Waals surface area contributed by atoms with Gasteiger partial charge in [-0.15, -0.1) is 0 Å². The van der Waals surface area contributed by atoms with E-state index in [-0.39, 0.29) is 6.04 Å². The number of hydrazone groups is 1. The van der Waals surface area contributed by atoms with E-state index in [9.17, 15) is 0 Å². The highest BCUT2D eigenvalue weighted by molar-refractivity contribution is 6.13. The second-order valence-electron chi connectivity index (χ2n) is 4.13. The minimum atomic E-state index is 0.0134. The van der Waals surface area contributed by atoms with E-state index in [0.29, 0.717) is 5.71 Å². The minimum absolute atomic E-state index is 0.0134. The number of benzene rings is 2. The van der Waals surface area contributed by atoms with Gasteiger partial charge in [-0.3, -0.25) is 5.43 Å². The van der Waals surface area contributed by atoms with Crippen LogP contribution in [0.15, 0.2) is 59.7 Å². The molecule has 0 saturated carbocycles. The zero-order valence-corrected chi connectivity index (χ0v) is 9.67. The maximum absolute atomic E-state index is 9.07. The van der Waals surface area contributed by atoms with E-state index < -0.39 is 0 Å². The van der Waals surface area contributed by atoms with Crippen LogP contribution < -0.4 is 5.43 Å². The van der Waals surface area contributed by atoms with Crippen LogP contribution >= 0.6 is 0 Å². The highest BCUT2D eigenvalue weighted by Gasteiger charge is 2.23. The first-order valence-electron chi connectivity index (χ1n) is 5.77.